The van der Waals surface area contributed by atoms with Crippen molar-refractivity contribution in [1.29, 1.82) is 0 Å². The van der Waals surface area contributed by atoms with Crippen molar-refractivity contribution in [3.63, 3.8) is 0 Å². The van der Waals surface area contributed by atoms with Gasteiger partial charge in [-0.05, 0) is 42.5 Å². The molecule has 21 heavy (non-hydrogen) atoms. The Bertz CT molecular complexity index is 540. The fourth-order valence-electron chi connectivity index (χ4n) is 2.50. The van der Waals surface area contributed by atoms with Crippen LogP contribution in [-0.2, 0) is 11.2 Å². The predicted octanol–water partition coefficient (Wildman–Crippen LogP) is 1.91. The second-order valence-corrected chi connectivity index (χ2v) is 5.85. The summed E-state index contributed by atoms with van der Waals surface area (Å²) in [4.78, 5) is 24.9. The van der Waals surface area contributed by atoms with Crippen LogP contribution in [-0.4, -0.2) is 36.6 Å². The van der Waals surface area contributed by atoms with E-state index in [0.717, 1.165) is 30.6 Å². The average Bonchev–Trinajstić information content (AvgIpc) is 2.80. The van der Waals surface area contributed by atoms with Gasteiger partial charge in [0, 0.05) is 18.8 Å². The van der Waals surface area contributed by atoms with E-state index in [4.69, 9.17) is 5.11 Å². The van der Waals surface area contributed by atoms with Crippen LogP contribution in [0, 0.1) is 5.92 Å². The molecule has 0 atom stereocenters. The lowest BCUT2D eigenvalue weighted by atomic mass is 10.1. The lowest BCUT2D eigenvalue weighted by Gasteiger charge is -2.19. The Labute approximate surface area is 125 Å². The lowest BCUT2D eigenvalue weighted by Crippen LogP contribution is -2.37. The average molecular weight is 290 g/mol. The van der Waals surface area contributed by atoms with Crippen LogP contribution >= 0.6 is 0 Å². The molecule has 0 spiro atoms. The Morgan fingerprint density at radius 2 is 2.14 bits per heavy atom. The number of amides is 1. The zero-order valence-corrected chi connectivity index (χ0v) is 12.6. The summed E-state index contributed by atoms with van der Waals surface area (Å²) in [7, 11) is 0. The molecule has 114 valence electrons. The third-order valence-corrected chi connectivity index (χ3v) is 3.70. The maximum atomic E-state index is 11.9. The molecule has 5 heteroatoms. The quantitative estimate of drug-likeness (QED) is 0.839. The fourth-order valence-corrected chi connectivity index (χ4v) is 2.50. The Balaban J connectivity index is 1.93. The molecule has 1 aromatic carbocycles. The van der Waals surface area contributed by atoms with Gasteiger partial charge in [0.25, 0.3) is 0 Å². The molecule has 0 fully saturated rings. The van der Waals surface area contributed by atoms with Gasteiger partial charge in [0.1, 0.15) is 0 Å². The molecule has 0 bridgehead atoms. The number of benzene rings is 1. The molecule has 2 rings (SSSR count). The number of aromatic carboxylic acids is 1. The number of anilines is 1. The van der Waals surface area contributed by atoms with Crippen molar-refractivity contribution in [2.24, 2.45) is 5.92 Å². The highest BCUT2D eigenvalue weighted by Gasteiger charge is 2.22. The molecule has 5 nitrogen and oxygen atoms in total. The topological polar surface area (TPSA) is 69.6 Å². The molecular formula is C16H22N2O3. The van der Waals surface area contributed by atoms with E-state index in [-0.39, 0.29) is 5.91 Å². The van der Waals surface area contributed by atoms with Gasteiger partial charge in [0.15, 0.2) is 0 Å². The number of hydrogen-bond acceptors (Lipinski definition) is 3. The van der Waals surface area contributed by atoms with Crippen LogP contribution in [0.5, 0.6) is 0 Å². The van der Waals surface area contributed by atoms with Crippen molar-refractivity contribution < 1.29 is 14.7 Å². The molecule has 0 saturated heterocycles. The SMILES string of the molecule is CC(C)CCNC(=O)CN1CCc2cc(C(=O)O)ccc21. The summed E-state index contributed by atoms with van der Waals surface area (Å²) in [5.41, 5.74) is 2.28. The van der Waals surface area contributed by atoms with Crippen LogP contribution in [0.3, 0.4) is 0 Å². The van der Waals surface area contributed by atoms with E-state index >= 15 is 0 Å². The number of hydrogen-bond donors (Lipinski definition) is 2. The van der Waals surface area contributed by atoms with Crippen molar-refractivity contribution in [2.45, 2.75) is 26.7 Å². The number of carbonyl (C=O) groups is 2. The molecule has 1 aromatic rings. The van der Waals surface area contributed by atoms with E-state index < -0.39 is 5.97 Å². The summed E-state index contributed by atoms with van der Waals surface area (Å²) in [5.74, 6) is -0.319. The van der Waals surface area contributed by atoms with Crippen LogP contribution in [0.4, 0.5) is 5.69 Å². The van der Waals surface area contributed by atoms with Crippen molar-refractivity contribution in [1.82, 2.24) is 5.32 Å². The van der Waals surface area contributed by atoms with Crippen molar-refractivity contribution in [3.8, 4) is 0 Å². The predicted molar refractivity (Wildman–Crippen MR) is 81.8 cm³/mol. The van der Waals surface area contributed by atoms with E-state index in [1.807, 2.05) is 4.90 Å². The second kappa shape index (κ2) is 6.61. The highest BCUT2D eigenvalue weighted by molar-refractivity contribution is 5.89. The monoisotopic (exact) mass is 290 g/mol. The molecule has 2 N–H and O–H groups in total. The van der Waals surface area contributed by atoms with Gasteiger partial charge in [-0.15, -0.1) is 0 Å². The van der Waals surface area contributed by atoms with Crippen LogP contribution < -0.4 is 10.2 Å². The summed E-state index contributed by atoms with van der Waals surface area (Å²) >= 11 is 0. The van der Waals surface area contributed by atoms with E-state index in [0.29, 0.717) is 24.6 Å². The minimum Gasteiger partial charge on any atom is -0.478 e. The van der Waals surface area contributed by atoms with Crippen LogP contribution in [0.15, 0.2) is 18.2 Å². The summed E-state index contributed by atoms with van der Waals surface area (Å²) < 4.78 is 0. The Morgan fingerprint density at radius 1 is 1.38 bits per heavy atom. The summed E-state index contributed by atoms with van der Waals surface area (Å²) in [6.45, 7) is 6.05. The minimum atomic E-state index is -0.914. The van der Waals surface area contributed by atoms with E-state index in [1.165, 1.54) is 0 Å². The third-order valence-electron chi connectivity index (χ3n) is 3.70. The number of carbonyl (C=O) groups excluding carboxylic acids is 1. The Hall–Kier alpha value is -2.04. The highest BCUT2D eigenvalue weighted by Crippen LogP contribution is 2.28. The largest absolute Gasteiger partial charge is 0.478 e. The maximum Gasteiger partial charge on any atom is 0.335 e. The van der Waals surface area contributed by atoms with Crippen LogP contribution in [0.2, 0.25) is 0 Å². The highest BCUT2D eigenvalue weighted by atomic mass is 16.4. The summed E-state index contributed by atoms with van der Waals surface area (Å²) in [6, 6.07) is 5.09. The molecule has 0 unspecified atom stereocenters. The molecule has 0 saturated carbocycles. The first kappa shape index (κ1) is 15.4. The first-order chi connectivity index (χ1) is 9.97. The zero-order valence-electron chi connectivity index (χ0n) is 12.6. The maximum absolute atomic E-state index is 11.9. The molecule has 0 radical (unpaired) electrons. The van der Waals surface area contributed by atoms with Gasteiger partial charge in [-0.25, -0.2) is 4.79 Å². The van der Waals surface area contributed by atoms with Gasteiger partial charge in [0.2, 0.25) is 5.91 Å². The van der Waals surface area contributed by atoms with Gasteiger partial charge < -0.3 is 15.3 Å². The minimum absolute atomic E-state index is 0.0193. The van der Waals surface area contributed by atoms with Gasteiger partial charge >= 0.3 is 5.97 Å². The molecule has 0 aromatic heterocycles. The molecule has 1 heterocycles. The molecule has 0 aliphatic carbocycles. The zero-order chi connectivity index (χ0) is 15.4. The second-order valence-electron chi connectivity index (χ2n) is 5.85. The van der Waals surface area contributed by atoms with E-state index in [1.54, 1.807) is 18.2 Å². The van der Waals surface area contributed by atoms with E-state index in [9.17, 15) is 9.59 Å². The summed E-state index contributed by atoms with van der Waals surface area (Å²) in [5, 5.41) is 11.9. The Morgan fingerprint density at radius 3 is 2.81 bits per heavy atom. The van der Waals surface area contributed by atoms with Crippen molar-refractivity contribution in [2.75, 3.05) is 24.5 Å². The van der Waals surface area contributed by atoms with Gasteiger partial charge in [-0.2, -0.15) is 0 Å². The smallest absolute Gasteiger partial charge is 0.335 e. The molecule has 1 aliphatic rings. The molecule has 1 amide bonds. The first-order valence-electron chi connectivity index (χ1n) is 7.35. The van der Waals surface area contributed by atoms with Gasteiger partial charge in [-0.3, -0.25) is 4.79 Å². The molecular weight excluding hydrogens is 268 g/mol. The van der Waals surface area contributed by atoms with Crippen LogP contribution in [0.1, 0.15) is 36.2 Å². The number of fused-ring (bicyclic) bond motifs is 1. The van der Waals surface area contributed by atoms with Crippen LogP contribution in [0.25, 0.3) is 0 Å². The molecule has 1 aliphatic heterocycles. The van der Waals surface area contributed by atoms with E-state index in [2.05, 4.69) is 19.2 Å². The lowest BCUT2D eigenvalue weighted by molar-refractivity contribution is -0.119. The normalized spacial score (nSPS) is 13.4. The number of carboxylic acids is 1. The summed E-state index contributed by atoms with van der Waals surface area (Å²) in [6.07, 6.45) is 1.76. The number of rotatable bonds is 6. The number of nitrogens with zero attached hydrogens (tertiary/aromatic N) is 1. The Kier molecular flexibility index (Phi) is 4.83. The van der Waals surface area contributed by atoms with Gasteiger partial charge in [-0.1, -0.05) is 13.8 Å². The van der Waals surface area contributed by atoms with Crippen molar-refractivity contribution in [3.05, 3.63) is 29.3 Å². The number of carboxylic acid groups (broad SMARTS) is 1. The number of nitrogens with one attached hydrogen (secondary N) is 1. The fraction of sp³-hybridized carbons (Fsp3) is 0.500. The van der Waals surface area contributed by atoms with Gasteiger partial charge in [0.05, 0.1) is 12.1 Å². The van der Waals surface area contributed by atoms with Crippen molar-refractivity contribution >= 4 is 17.6 Å². The third kappa shape index (κ3) is 3.97. The first-order valence-corrected chi connectivity index (χ1v) is 7.35. The standard InChI is InChI=1S/C16H22N2O3/c1-11(2)5-7-17-15(19)10-18-8-6-12-9-13(16(20)21)3-4-14(12)18/h3-4,9,11H,5-8,10H2,1-2H3,(H,17,19)(H,20,21).